The molecular weight excluding hydrogens is 308 g/mol. The quantitative estimate of drug-likeness (QED) is 0.549. The van der Waals surface area contributed by atoms with Crippen molar-refractivity contribution < 1.29 is 0 Å². The Morgan fingerprint density at radius 2 is 1.60 bits per heavy atom. The highest BCUT2D eigenvalue weighted by atomic mass is 15.3. The summed E-state index contributed by atoms with van der Waals surface area (Å²) in [6.45, 7) is 6.43. The molecule has 0 aliphatic heterocycles. The Labute approximate surface area is 147 Å². The van der Waals surface area contributed by atoms with Crippen molar-refractivity contribution in [2.24, 2.45) is 0 Å². The summed E-state index contributed by atoms with van der Waals surface area (Å²) >= 11 is 0. The molecule has 0 fully saturated rings. The number of aryl methyl sites for hydroxylation is 3. The Bertz CT molecular complexity index is 988. The minimum Gasteiger partial charge on any atom is -0.297 e. The Morgan fingerprint density at radius 1 is 0.880 bits per heavy atom. The lowest BCUT2D eigenvalue weighted by Gasteiger charge is -2.15. The third kappa shape index (κ3) is 2.76. The Kier molecular flexibility index (Phi) is 3.73. The van der Waals surface area contributed by atoms with Gasteiger partial charge in [0, 0.05) is 18.0 Å². The monoisotopic (exact) mass is 328 g/mol. The van der Waals surface area contributed by atoms with E-state index >= 15 is 0 Å². The van der Waals surface area contributed by atoms with E-state index in [4.69, 9.17) is 4.98 Å². The van der Waals surface area contributed by atoms with Gasteiger partial charge in [-0.2, -0.15) is 5.10 Å². The van der Waals surface area contributed by atoms with Gasteiger partial charge in [-0.15, -0.1) is 0 Å². The van der Waals surface area contributed by atoms with Crippen LogP contribution < -0.4 is 0 Å². The molecule has 0 spiro atoms. The largest absolute Gasteiger partial charge is 0.297 e. The maximum atomic E-state index is 4.87. The normalized spacial score (nSPS) is 11.0. The van der Waals surface area contributed by atoms with E-state index < -0.39 is 0 Å². The van der Waals surface area contributed by atoms with E-state index in [-0.39, 0.29) is 0 Å². The predicted octanol–water partition coefficient (Wildman–Crippen LogP) is 4.65. The summed E-state index contributed by atoms with van der Waals surface area (Å²) in [4.78, 5) is 4.87. The zero-order chi connectivity index (χ0) is 17.4. The van der Waals surface area contributed by atoms with Gasteiger partial charge in [0.05, 0.1) is 11.9 Å². The van der Waals surface area contributed by atoms with Gasteiger partial charge in [-0.25, -0.2) is 9.67 Å². The molecule has 0 unspecified atom stereocenters. The molecule has 0 saturated carbocycles. The van der Waals surface area contributed by atoms with Crippen LogP contribution in [0.15, 0.2) is 67.1 Å². The van der Waals surface area contributed by atoms with Crippen LogP contribution in [0.5, 0.6) is 0 Å². The van der Waals surface area contributed by atoms with Crippen LogP contribution in [0.1, 0.15) is 16.7 Å². The van der Waals surface area contributed by atoms with Crippen LogP contribution in [0.3, 0.4) is 0 Å². The molecule has 0 N–H and O–H groups in total. The van der Waals surface area contributed by atoms with Crippen LogP contribution in [0, 0.1) is 20.8 Å². The molecule has 4 nitrogen and oxygen atoms in total. The molecule has 2 aromatic heterocycles. The maximum Gasteiger partial charge on any atom is 0.172 e. The van der Waals surface area contributed by atoms with Crippen LogP contribution >= 0.6 is 0 Å². The third-order valence-electron chi connectivity index (χ3n) is 4.34. The number of benzene rings is 2. The van der Waals surface area contributed by atoms with Gasteiger partial charge in [0.1, 0.15) is 5.82 Å². The fraction of sp³-hybridized carbons (Fsp3) is 0.143. The fourth-order valence-corrected chi connectivity index (χ4v) is 3.40. The zero-order valence-corrected chi connectivity index (χ0v) is 14.6. The first-order chi connectivity index (χ1) is 12.1. The second-order valence-corrected chi connectivity index (χ2v) is 6.36. The molecule has 0 aliphatic carbocycles. The van der Waals surface area contributed by atoms with Gasteiger partial charge in [-0.1, -0.05) is 48.0 Å². The molecule has 0 saturated heterocycles. The van der Waals surface area contributed by atoms with Gasteiger partial charge in [0.2, 0.25) is 0 Å². The average molecular weight is 328 g/mol. The average Bonchev–Trinajstić information content (AvgIpc) is 3.24. The van der Waals surface area contributed by atoms with Crippen LogP contribution in [0.2, 0.25) is 0 Å². The molecule has 0 atom stereocenters. The number of nitrogens with zero attached hydrogens (tertiary/aromatic N) is 4. The summed E-state index contributed by atoms with van der Waals surface area (Å²) in [6.07, 6.45) is 5.74. The van der Waals surface area contributed by atoms with Crippen LogP contribution in [-0.2, 0) is 0 Å². The Hall–Kier alpha value is -3.14. The van der Waals surface area contributed by atoms with Crippen molar-refractivity contribution >= 4 is 0 Å². The van der Waals surface area contributed by atoms with Crippen molar-refractivity contribution in [2.45, 2.75) is 20.8 Å². The SMILES string of the molecule is Cc1cc(C)c(-n2cc(-n3cccn3)nc2-c2ccccc2)c(C)c1. The smallest absolute Gasteiger partial charge is 0.172 e. The van der Waals surface area contributed by atoms with Crippen LogP contribution in [0.4, 0.5) is 0 Å². The van der Waals surface area contributed by atoms with Crippen molar-refractivity contribution in [1.29, 1.82) is 0 Å². The number of hydrogen-bond acceptors (Lipinski definition) is 2. The van der Waals surface area contributed by atoms with Crippen LogP contribution in [-0.4, -0.2) is 19.3 Å². The first-order valence-electron chi connectivity index (χ1n) is 8.36. The van der Waals surface area contributed by atoms with Gasteiger partial charge in [0.15, 0.2) is 5.82 Å². The maximum absolute atomic E-state index is 4.87. The third-order valence-corrected chi connectivity index (χ3v) is 4.34. The molecule has 2 heterocycles. The van der Waals surface area contributed by atoms with E-state index in [9.17, 15) is 0 Å². The molecular formula is C21H20N4. The number of imidazole rings is 1. The van der Waals surface area contributed by atoms with E-state index in [1.807, 2.05) is 30.5 Å². The summed E-state index contributed by atoms with van der Waals surface area (Å²) in [5.41, 5.74) is 6.00. The first-order valence-corrected chi connectivity index (χ1v) is 8.36. The second kappa shape index (κ2) is 6.06. The summed E-state index contributed by atoms with van der Waals surface area (Å²) in [5, 5.41) is 4.33. The van der Waals surface area contributed by atoms with E-state index in [0.717, 1.165) is 17.2 Å². The molecule has 0 aliphatic rings. The molecule has 4 heteroatoms. The van der Waals surface area contributed by atoms with Crippen molar-refractivity contribution in [1.82, 2.24) is 19.3 Å². The minimum absolute atomic E-state index is 0.809. The van der Waals surface area contributed by atoms with Gasteiger partial charge in [0.25, 0.3) is 0 Å². The lowest BCUT2D eigenvalue weighted by Crippen LogP contribution is -2.02. The highest BCUT2D eigenvalue weighted by Crippen LogP contribution is 2.28. The molecule has 0 radical (unpaired) electrons. The number of hydrogen-bond donors (Lipinski definition) is 0. The Balaban J connectivity index is 1.98. The summed E-state index contributed by atoms with van der Waals surface area (Å²) in [7, 11) is 0. The molecule has 0 bridgehead atoms. The van der Waals surface area contributed by atoms with Crippen molar-refractivity contribution in [2.75, 3.05) is 0 Å². The number of aromatic nitrogens is 4. The van der Waals surface area contributed by atoms with Gasteiger partial charge < -0.3 is 0 Å². The molecule has 2 aromatic carbocycles. The van der Waals surface area contributed by atoms with Crippen molar-refractivity contribution in [3.63, 3.8) is 0 Å². The lowest BCUT2D eigenvalue weighted by atomic mass is 10.0. The van der Waals surface area contributed by atoms with Gasteiger partial charge in [-0.3, -0.25) is 4.57 Å². The minimum atomic E-state index is 0.809. The Morgan fingerprint density at radius 3 is 2.24 bits per heavy atom. The van der Waals surface area contributed by atoms with E-state index in [0.29, 0.717) is 0 Å². The molecule has 0 amide bonds. The molecule has 25 heavy (non-hydrogen) atoms. The first kappa shape index (κ1) is 15.4. The topological polar surface area (TPSA) is 35.6 Å². The molecule has 124 valence electrons. The van der Waals surface area contributed by atoms with Crippen LogP contribution in [0.25, 0.3) is 22.9 Å². The predicted molar refractivity (Wildman–Crippen MR) is 100 cm³/mol. The standard InChI is InChI=1S/C21H20N4/c1-15-12-16(2)20(17(3)13-15)24-14-19(25-11-7-10-22-25)23-21(24)18-8-5-4-6-9-18/h4-14H,1-3H3. The van der Waals surface area contributed by atoms with Crippen molar-refractivity contribution in [3.8, 4) is 22.9 Å². The summed E-state index contributed by atoms with van der Waals surface area (Å²) in [5.74, 6) is 1.73. The fourth-order valence-electron chi connectivity index (χ4n) is 3.40. The van der Waals surface area contributed by atoms with E-state index in [1.54, 1.807) is 10.9 Å². The highest BCUT2D eigenvalue weighted by Gasteiger charge is 2.16. The molecule has 4 aromatic rings. The zero-order valence-electron chi connectivity index (χ0n) is 14.6. The van der Waals surface area contributed by atoms with E-state index in [2.05, 4.69) is 60.9 Å². The van der Waals surface area contributed by atoms with Gasteiger partial charge in [-0.05, 0) is 38.0 Å². The molecule has 4 rings (SSSR count). The van der Waals surface area contributed by atoms with Gasteiger partial charge >= 0.3 is 0 Å². The second-order valence-electron chi connectivity index (χ2n) is 6.36. The summed E-state index contributed by atoms with van der Waals surface area (Å²) in [6, 6.07) is 16.6. The number of rotatable bonds is 3. The highest BCUT2D eigenvalue weighted by molar-refractivity contribution is 5.63. The van der Waals surface area contributed by atoms with Crippen molar-refractivity contribution in [3.05, 3.63) is 83.8 Å². The summed E-state index contributed by atoms with van der Waals surface area (Å²) < 4.78 is 3.97. The van der Waals surface area contributed by atoms with E-state index in [1.165, 1.54) is 22.4 Å². The lowest BCUT2D eigenvalue weighted by molar-refractivity contribution is 0.854.